The zero-order valence-corrected chi connectivity index (χ0v) is 16.1. The van der Waals surface area contributed by atoms with Gasteiger partial charge in [0, 0.05) is 11.3 Å². The zero-order valence-electron chi connectivity index (χ0n) is 14.5. The van der Waals surface area contributed by atoms with Crippen LogP contribution in [0.5, 0.6) is 0 Å². The van der Waals surface area contributed by atoms with Gasteiger partial charge in [0.05, 0.1) is 22.0 Å². The molecule has 148 valence electrons. The van der Waals surface area contributed by atoms with Crippen molar-refractivity contribution in [3.05, 3.63) is 50.4 Å². The van der Waals surface area contributed by atoms with Gasteiger partial charge in [0.25, 0.3) is 5.56 Å². The van der Waals surface area contributed by atoms with Crippen molar-refractivity contribution in [2.45, 2.75) is 25.2 Å². The Hall–Kier alpha value is -2.53. The van der Waals surface area contributed by atoms with E-state index < -0.39 is 17.6 Å². The molecule has 2 aromatic heterocycles. The molecule has 3 rings (SSSR count). The lowest BCUT2D eigenvalue weighted by molar-refractivity contribution is -0.137. The molecule has 0 aliphatic heterocycles. The van der Waals surface area contributed by atoms with Crippen molar-refractivity contribution in [2.75, 3.05) is 11.1 Å². The van der Waals surface area contributed by atoms with Gasteiger partial charge < -0.3 is 5.32 Å². The number of halogens is 4. The van der Waals surface area contributed by atoms with Crippen molar-refractivity contribution in [3.8, 4) is 0 Å². The average Bonchev–Trinajstić information content (AvgIpc) is 3.01. The van der Waals surface area contributed by atoms with Crippen LogP contribution in [-0.4, -0.2) is 31.2 Å². The number of carbonyl (C=O) groups is 1. The molecule has 0 aliphatic rings. The zero-order chi connectivity index (χ0) is 20.6. The van der Waals surface area contributed by atoms with Crippen LogP contribution in [-0.2, 0) is 11.0 Å². The highest BCUT2D eigenvalue weighted by Crippen LogP contribution is 2.34. The molecule has 1 aromatic carbocycles. The average molecular weight is 432 g/mol. The van der Waals surface area contributed by atoms with Crippen molar-refractivity contribution in [1.82, 2.24) is 19.6 Å². The maximum absolute atomic E-state index is 12.8. The summed E-state index contributed by atoms with van der Waals surface area (Å²) in [5.74, 6) is -0.482. The Morgan fingerprint density at radius 3 is 2.71 bits per heavy atom. The summed E-state index contributed by atoms with van der Waals surface area (Å²) < 4.78 is 40.0. The third kappa shape index (κ3) is 3.99. The molecule has 0 fully saturated rings. The number of anilines is 1. The second kappa shape index (κ2) is 7.47. The van der Waals surface area contributed by atoms with Gasteiger partial charge in [-0.3, -0.25) is 19.0 Å². The third-order valence-corrected chi connectivity index (χ3v) is 5.24. The molecule has 0 saturated heterocycles. The fourth-order valence-corrected chi connectivity index (χ4v) is 3.34. The topological polar surface area (TPSA) is 92.2 Å². The highest BCUT2D eigenvalue weighted by Gasteiger charge is 2.31. The quantitative estimate of drug-likeness (QED) is 0.617. The van der Waals surface area contributed by atoms with E-state index in [0.29, 0.717) is 16.4 Å². The van der Waals surface area contributed by atoms with Crippen molar-refractivity contribution in [3.63, 3.8) is 0 Å². The number of rotatable bonds is 4. The molecule has 7 nitrogen and oxygen atoms in total. The van der Waals surface area contributed by atoms with Crippen LogP contribution < -0.4 is 10.9 Å². The second-order valence-corrected chi connectivity index (χ2v) is 7.19. The number of amides is 1. The van der Waals surface area contributed by atoms with E-state index in [2.05, 4.69) is 20.5 Å². The molecule has 3 aromatic rings. The molecule has 12 heteroatoms. The van der Waals surface area contributed by atoms with Gasteiger partial charge in [0.2, 0.25) is 11.7 Å². The highest BCUT2D eigenvalue weighted by atomic mass is 35.5. The molecule has 0 aliphatic carbocycles. The molecule has 0 radical (unpaired) electrons. The van der Waals surface area contributed by atoms with Gasteiger partial charge in [0.1, 0.15) is 0 Å². The van der Waals surface area contributed by atoms with Gasteiger partial charge in [-0.2, -0.15) is 13.2 Å². The lowest BCUT2D eigenvalue weighted by Crippen LogP contribution is -2.17. The van der Waals surface area contributed by atoms with Crippen molar-refractivity contribution >= 4 is 40.7 Å². The number of aryl methyl sites for hydroxylation is 1. The Bertz CT molecular complexity index is 1130. The molecule has 2 N–H and O–H groups in total. The number of nitrogens with zero attached hydrogens (tertiary/aromatic N) is 3. The minimum absolute atomic E-state index is 0.0108. The predicted octanol–water partition coefficient (Wildman–Crippen LogP) is 3.44. The maximum atomic E-state index is 12.8. The lowest BCUT2D eigenvalue weighted by atomic mass is 10.2. The molecule has 0 spiro atoms. The van der Waals surface area contributed by atoms with Crippen LogP contribution in [0.25, 0.3) is 5.78 Å². The number of aromatic nitrogens is 4. The van der Waals surface area contributed by atoms with Gasteiger partial charge in [-0.15, -0.1) is 10.2 Å². The van der Waals surface area contributed by atoms with Crippen LogP contribution in [0.3, 0.4) is 0 Å². The number of benzene rings is 1. The Morgan fingerprint density at radius 1 is 1.32 bits per heavy atom. The summed E-state index contributed by atoms with van der Waals surface area (Å²) in [6.07, 6.45) is -4.55. The van der Waals surface area contributed by atoms with E-state index in [4.69, 9.17) is 11.6 Å². The number of fused-ring (bicyclic) bond motifs is 1. The number of thioether (sulfide) groups is 1. The Morgan fingerprint density at radius 2 is 2.04 bits per heavy atom. The first-order valence-electron chi connectivity index (χ1n) is 7.82. The van der Waals surface area contributed by atoms with Gasteiger partial charge in [-0.05, 0) is 32.0 Å². The van der Waals surface area contributed by atoms with Crippen LogP contribution in [0.15, 0.2) is 28.2 Å². The molecular weight excluding hydrogens is 419 g/mol. The number of carbonyl (C=O) groups excluding carboxylic acids is 1. The van der Waals surface area contributed by atoms with Crippen LogP contribution in [0.4, 0.5) is 18.9 Å². The molecule has 1 amide bonds. The normalized spacial score (nSPS) is 11.8. The number of nitrogens with one attached hydrogen (secondary N) is 2. The fraction of sp³-hybridized carbons (Fsp3) is 0.250. The number of hydrogen-bond acceptors (Lipinski definition) is 5. The first-order valence-corrected chi connectivity index (χ1v) is 9.18. The lowest BCUT2D eigenvalue weighted by Gasteiger charge is -2.11. The van der Waals surface area contributed by atoms with Gasteiger partial charge in [-0.25, -0.2) is 0 Å². The second-order valence-electron chi connectivity index (χ2n) is 5.84. The molecule has 0 saturated carbocycles. The molecule has 28 heavy (non-hydrogen) atoms. The molecule has 0 unspecified atom stereocenters. The SMILES string of the molecule is Cc1c(C)n2c(SCC(=O)Nc3cc(C(F)(F)F)ccc3Cl)nnc2[nH]c1=O. The molecule has 0 atom stereocenters. The molecule has 2 heterocycles. The maximum Gasteiger partial charge on any atom is 0.416 e. The van der Waals surface area contributed by atoms with Gasteiger partial charge >= 0.3 is 6.18 Å². The van der Waals surface area contributed by atoms with Gasteiger partial charge in [0.15, 0.2) is 5.16 Å². The van der Waals surface area contributed by atoms with Crippen LogP contribution in [0.1, 0.15) is 16.8 Å². The van der Waals surface area contributed by atoms with E-state index in [9.17, 15) is 22.8 Å². The van der Waals surface area contributed by atoms with Crippen molar-refractivity contribution in [2.24, 2.45) is 0 Å². The Kier molecular flexibility index (Phi) is 5.39. The van der Waals surface area contributed by atoms with E-state index in [-0.39, 0.29) is 27.8 Å². The third-order valence-electron chi connectivity index (χ3n) is 3.98. The van der Waals surface area contributed by atoms with E-state index in [1.807, 2.05) is 0 Å². The summed E-state index contributed by atoms with van der Waals surface area (Å²) in [7, 11) is 0. The summed E-state index contributed by atoms with van der Waals surface area (Å²) in [6, 6.07) is 2.68. The number of H-pyrrole nitrogens is 1. The highest BCUT2D eigenvalue weighted by molar-refractivity contribution is 7.99. The first-order chi connectivity index (χ1) is 13.1. The molecule has 0 bridgehead atoms. The van der Waals surface area contributed by atoms with Crippen LogP contribution in [0.2, 0.25) is 5.02 Å². The summed E-state index contributed by atoms with van der Waals surface area (Å²) >= 11 is 6.89. The minimum Gasteiger partial charge on any atom is -0.324 e. The largest absolute Gasteiger partial charge is 0.416 e. The van der Waals surface area contributed by atoms with Crippen LogP contribution in [0, 0.1) is 13.8 Å². The van der Waals surface area contributed by atoms with E-state index in [1.165, 1.54) is 0 Å². The summed E-state index contributed by atoms with van der Waals surface area (Å²) in [5, 5.41) is 10.5. The Labute approximate surface area is 165 Å². The Balaban J connectivity index is 1.76. The number of alkyl halides is 3. The van der Waals surface area contributed by atoms with Crippen molar-refractivity contribution in [1.29, 1.82) is 0 Å². The fourth-order valence-electron chi connectivity index (χ4n) is 2.39. The number of hydrogen-bond donors (Lipinski definition) is 2. The standard InChI is InChI=1S/C16H13ClF3N5O2S/c1-7-8(2)25-14(22-13(7)27)23-24-15(25)28-6-12(26)21-11-5-9(16(18,19)20)3-4-10(11)17/h3-5H,6H2,1-2H3,(H,21,26)(H,22,23,27). The van der Waals surface area contributed by atoms with Crippen molar-refractivity contribution < 1.29 is 18.0 Å². The van der Waals surface area contributed by atoms with Gasteiger partial charge in [-0.1, -0.05) is 23.4 Å². The summed E-state index contributed by atoms with van der Waals surface area (Å²) in [5.41, 5.74) is -0.240. The smallest absolute Gasteiger partial charge is 0.324 e. The minimum atomic E-state index is -4.55. The first kappa shape index (κ1) is 20.2. The van der Waals surface area contributed by atoms with E-state index >= 15 is 0 Å². The summed E-state index contributed by atoms with van der Waals surface area (Å²) in [4.78, 5) is 26.5. The summed E-state index contributed by atoms with van der Waals surface area (Å²) in [6.45, 7) is 3.36. The van der Waals surface area contributed by atoms with Crippen LogP contribution >= 0.6 is 23.4 Å². The predicted molar refractivity (Wildman–Crippen MR) is 98.9 cm³/mol. The monoisotopic (exact) mass is 431 g/mol. The molecular formula is C16H13ClF3N5O2S. The van der Waals surface area contributed by atoms with E-state index in [1.54, 1.807) is 18.2 Å². The van der Waals surface area contributed by atoms with E-state index in [0.717, 1.165) is 30.0 Å². The number of aromatic amines is 1.